The van der Waals surface area contributed by atoms with E-state index in [1.165, 1.54) is 17.8 Å². The van der Waals surface area contributed by atoms with E-state index in [4.69, 9.17) is 32.8 Å². The quantitative estimate of drug-likeness (QED) is 0.0978. The van der Waals surface area contributed by atoms with Crippen LogP contribution in [0.3, 0.4) is 0 Å². The Balaban J connectivity index is 1.60. The highest BCUT2D eigenvalue weighted by molar-refractivity contribution is 7.98. The van der Waals surface area contributed by atoms with Crippen LogP contribution in [0, 0.1) is 0 Å². The largest absolute Gasteiger partial charge is 0.500 e. The second kappa shape index (κ2) is 14.1. The molecule has 8 nitrogen and oxygen atoms in total. The summed E-state index contributed by atoms with van der Waals surface area (Å²) in [5.41, 5.74) is 14.6. The molecule has 0 saturated carbocycles. The molecule has 2 aromatic rings. The van der Waals surface area contributed by atoms with Crippen molar-refractivity contribution in [1.29, 1.82) is 0 Å². The number of aryl methyl sites for hydroxylation is 1. The first-order valence-corrected chi connectivity index (χ1v) is 15.4. The summed E-state index contributed by atoms with van der Waals surface area (Å²) in [6, 6.07) is 5.45. The van der Waals surface area contributed by atoms with Crippen LogP contribution in [0.5, 0.6) is 0 Å². The highest BCUT2D eigenvalue weighted by Gasteiger charge is 2.34. The summed E-state index contributed by atoms with van der Waals surface area (Å²) in [6.07, 6.45) is 12.8. The van der Waals surface area contributed by atoms with Gasteiger partial charge in [-0.3, -0.25) is 5.32 Å². The molecule has 1 aromatic carbocycles. The number of benzene rings is 1. The summed E-state index contributed by atoms with van der Waals surface area (Å²) in [4.78, 5) is 16.9. The number of nitrogens with one attached hydrogen (secondary N) is 1. The van der Waals surface area contributed by atoms with Crippen molar-refractivity contribution in [2.24, 2.45) is 11.5 Å². The van der Waals surface area contributed by atoms with E-state index in [1.54, 1.807) is 19.3 Å². The molecule has 42 heavy (non-hydrogen) atoms. The van der Waals surface area contributed by atoms with Crippen LogP contribution in [0.25, 0.3) is 0 Å². The number of allylic oxidation sites excluding steroid dienone is 8. The molecule has 4 rings (SSSR count). The SMILES string of the molecule is COC1=CC(C(C)(C)c2cnc(SCc3ccc(CCCNC(N)N)c(C(=O)O)c3)n2C2C=CC(F)=CC2)=CCC1Cl. The number of hydrogen-bond acceptors (Lipinski definition) is 7. The number of halogens is 2. The van der Waals surface area contributed by atoms with E-state index >= 15 is 0 Å². The number of methoxy groups -OCH3 is 1. The van der Waals surface area contributed by atoms with E-state index in [0.717, 1.165) is 33.3 Å². The molecule has 0 spiro atoms. The molecule has 2 unspecified atom stereocenters. The molecule has 1 aromatic heterocycles. The van der Waals surface area contributed by atoms with Gasteiger partial charge in [0.05, 0.1) is 30.3 Å². The molecule has 0 fully saturated rings. The van der Waals surface area contributed by atoms with Crippen molar-refractivity contribution < 1.29 is 19.0 Å². The lowest BCUT2D eigenvalue weighted by Gasteiger charge is -2.33. The second-order valence-electron chi connectivity index (χ2n) is 11.0. The van der Waals surface area contributed by atoms with E-state index < -0.39 is 17.7 Å². The zero-order chi connectivity index (χ0) is 30.4. The molecular formula is C31H39ClFN5O3S. The van der Waals surface area contributed by atoms with Gasteiger partial charge < -0.3 is 25.9 Å². The van der Waals surface area contributed by atoms with Gasteiger partial charge in [-0.05, 0) is 73.2 Å². The van der Waals surface area contributed by atoms with Crippen LogP contribution in [0.15, 0.2) is 77.1 Å². The van der Waals surface area contributed by atoms with Crippen molar-refractivity contribution in [3.8, 4) is 0 Å². The van der Waals surface area contributed by atoms with Gasteiger partial charge >= 0.3 is 5.97 Å². The van der Waals surface area contributed by atoms with E-state index in [9.17, 15) is 14.3 Å². The average molecular weight is 616 g/mol. The van der Waals surface area contributed by atoms with Gasteiger partial charge in [0.2, 0.25) is 0 Å². The van der Waals surface area contributed by atoms with Crippen LogP contribution in [-0.4, -0.2) is 45.9 Å². The number of nitrogens with two attached hydrogens (primary N) is 2. The predicted octanol–water partition coefficient (Wildman–Crippen LogP) is 5.70. The molecule has 226 valence electrons. The summed E-state index contributed by atoms with van der Waals surface area (Å²) in [5, 5.41) is 13.4. The molecule has 0 saturated heterocycles. The molecule has 0 bridgehead atoms. The molecule has 0 amide bonds. The molecule has 2 atom stereocenters. The Morgan fingerprint density at radius 3 is 2.79 bits per heavy atom. The summed E-state index contributed by atoms with van der Waals surface area (Å²) < 4.78 is 21.6. The van der Waals surface area contributed by atoms with Crippen molar-refractivity contribution in [1.82, 2.24) is 14.9 Å². The first kappa shape index (κ1) is 32.0. The maximum atomic E-state index is 13.9. The van der Waals surface area contributed by atoms with E-state index in [0.29, 0.717) is 38.0 Å². The van der Waals surface area contributed by atoms with Crippen molar-refractivity contribution in [3.05, 3.63) is 94.3 Å². The van der Waals surface area contributed by atoms with Crippen molar-refractivity contribution in [2.75, 3.05) is 13.7 Å². The monoisotopic (exact) mass is 615 g/mol. The Hall–Kier alpha value is -2.89. The summed E-state index contributed by atoms with van der Waals surface area (Å²) >= 11 is 7.97. The van der Waals surface area contributed by atoms with Gasteiger partial charge in [-0.25, -0.2) is 14.2 Å². The Kier molecular flexibility index (Phi) is 10.7. The van der Waals surface area contributed by atoms with Crippen molar-refractivity contribution in [3.63, 3.8) is 0 Å². The molecule has 0 radical (unpaired) electrons. The van der Waals surface area contributed by atoms with E-state index in [2.05, 4.69) is 29.8 Å². The molecule has 2 aliphatic carbocycles. The zero-order valence-electron chi connectivity index (χ0n) is 24.1. The van der Waals surface area contributed by atoms with Gasteiger partial charge in [0.15, 0.2) is 5.16 Å². The fourth-order valence-corrected chi connectivity index (χ4v) is 6.47. The lowest BCUT2D eigenvalue weighted by Crippen LogP contribution is -2.45. The fraction of sp³-hybridized carbons (Fsp3) is 0.419. The predicted molar refractivity (Wildman–Crippen MR) is 166 cm³/mol. The number of aromatic nitrogens is 2. The van der Waals surface area contributed by atoms with Crippen LogP contribution < -0.4 is 16.8 Å². The second-order valence-corrected chi connectivity index (χ2v) is 12.4. The molecular weight excluding hydrogens is 577 g/mol. The number of nitrogens with zero attached hydrogens (tertiary/aromatic N) is 2. The number of hydrogen-bond donors (Lipinski definition) is 4. The molecule has 2 aliphatic rings. The van der Waals surface area contributed by atoms with Crippen LogP contribution in [0.1, 0.15) is 66.3 Å². The maximum Gasteiger partial charge on any atom is 0.335 e. The van der Waals surface area contributed by atoms with Gasteiger partial charge in [-0.15, -0.1) is 11.6 Å². The molecule has 6 N–H and O–H groups in total. The lowest BCUT2D eigenvalue weighted by atomic mass is 9.78. The van der Waals surface area contributed by atoms with Crippen molar-refractivity contribution >= 4 is 29.3 Å². The number of carboxylic acid groups (broad SMARTS) is 1. The Morgan fingerprint density at radius 1 is 1.33 bits per heavy atom. The van der Waals surface area contributed by atoms with Gasteiger partial charge in [0.1, 0.15) is 17.9 Å². The van der Waals surface area contributed by atoms with Crippen LogP contribution in [-0.2, 0) is 22.3 Å². The number of thioether (sulfide) groups is 1. The number of aromatic carboxylic acids is 1. The minimum Gasteiger partial charge on any atom is -0.500 e. The maximum absolute atomic E-state index is 13.9. The highest BCUT2D eigenvalue weighted by atomic mass is 35.5. The van der Waals surface area contributed by atoms with Gasteiger partial charge in [0.25, 0.3) is 0 Å². The number of carboxylic acids is 1. The minimum atomic E-state index is -0.963. The standard InChI is InChI=1S/C31H39ClFN5O3S/c1-31(2,21-8-13-25(32)26(16-21)41-3)27-17-37-30(38(27)23-11-9-22(33)10-12-23)42-18-19-6-7-20(24(15-19)28(39)40)5-4-14-36-29(34)35/h6-11,15-17,23,25,29,36H,4-5,12-14,18,34-35H2,1-3H3,(H,39,40). The first-order chi connectivity index (χ1) is 20.0. The summed E-state index contributed by atoms with van der Waals surface area (Å²) in [7, 11) is 1.63. The Labute approximate surface area is 255 Å². The molecule has 0 aliphatic heterocycles. The fourth-order valence-electron chi connectivity index (χ4n) is 5.25. The number of imidazole rings is 1. The average Bonchev–Trinajstić information content (AvgIpc) is 3.39. The normalized spacial score (nSPS) is 19.0. The van der Waals surface area contributed by atoms with Crippen LogP contribution >= 0.6 is 23.4 Å². The number of carbonyl (C=O) groups is 1. The molecule has 11 heteroatoms. The third-order valence-corrected chi connectivity index (χ3v) is 9.08. The topological polar surface area (TPSA) is 128 Å². The number of alkyl halides is 1. The number of rotatable bonds is 13. The van der Waals surface area contributed by atoms with E-state index in [1.807, 2.05) is 30.5 Å². The Bertz CT molecular complexity index is 1420. The van der Waals surface area contributed by atoms with Gasteiger partial charge in [0, 0.05) is 16.9 Å². The Morgan fingerprint density at radius 2 is 2.12 bits per heavy atom. The van der Waals surface area contributed by atoms with Crippen molar-refractivity contribution in [2.45, 2.75) is 73.6 Å². The zero-order valence-corrected chi connectivity index (χ0v) is 25.7. The third kappa shape index (κ3) is 7.54. The van der Waals surface area contributed by atoms with Gasteiger partial charge in [-0.1, -0.05) is 49.9 Å². The van der Waals surface area contributed by atoms with Crippen LogP contribution in [0.4, 0.5) is 4.39 Å². The van der Waals surface area contributed by atoms with Gasteiger partial charge in [-0.2, -0.15) is 0 Å². The third-order valence-electron chi connectivity index (χ3n) is 7.65. The highest BCUT2D eigenvalue weighted by Crippen LogP contribution is 2.41. The summed E-state index contributed by atoms with van der Waals surface area (Å²) in [5.74, 6) is 0.0318. The molecule has 1 heterocycles. The van der Waals surface area contributed by atoms with E-state index in [-0.39, 0.29) is 22.8 Å². The van der Waals surface area contributed by atoms with Crippen LogP contribution in [0.2, 0.25) is 0 Å². The summed E-state index contributed by atoms with van der Waals surface area (Å²) in [6.45, 7) is 4.86. The first-order valence-electron chi connectivity index (χ1n) is 14.0. The minimum absolute atomic E-state index is 0.119. The number of ether oxygens (including phenoxy) is 1. The smallest absolute Gasteiger partial charge is 0.335 e. The lowest BCUT2D eigenvalue weighted by molar-refractivity contribution is 0.0695.